The van der Waals surface area contributed by atoms with Crippen molar-refractivity contribution in [1.82, 2.24) is 9.59 Å². The van der Waals surface area contributed by atoms with E-state index in [-0.39, 0.29) is 5.91 Å². The van der Waals surface area contributed by atoms with Gasteiger partial charge in [0.15, 0.2) is 0 Å². The summed E-state index contributed by atoms with van der Waals surface area (Å²) in [5, 5.41) is 7.19. The Bertz CT molecular complexity index is 568. The molecule has 17 heavy (non-hydrogen) atoms. The summed E-state index contributed by atoms with van der Waals surface area (Å²) in [6, 6.07) is 5.36. The highest BCUT2D eigenvalue weighted by atomic mass is 35.5. The number of anilines is 1. The van der Waals surface area contributed by atoms with Crippen molar-refractivity contribution < 1.29 is 4.79 Å². The lowest BCUT2D eigenvalue weighted by Crippen LogP contribution is -2.12. The van der Waals surface area contributed by atoms with Crippen LogP contribution in [0, 0.1) is 13.8 Å². The van der Waals surface area contributed by atoms with Crippen molar-refractivity contribution in [2.24, 2.45) is 0 Å². The van der Waals surface area contributed by atoms with E-state index in [2.05, 4.69) is 14.9 Å². The predicted octanol–water partition coefficient (Wildman–Crippen LogP) is 3.06. The van der Waals surface area contributed by atoms with Gasteiger partial charge >= 0.3 is 0 Å². The largest absolute Gasteiger partial charge is 0.321 e. The van der Waals surface area contributed by atoms with Crippen molar-refractivity contribution in [3.63, 3.8) is 0 Å². The minimum atomic E-state index is -0.206. The average Bonchev–Trinajstić information content (AvgIpc) is 2.70. The molecule has 4 nitrogen and oxygen atoms in total. The number of carbonyl (C=O) groups excluding carboxylic acids is 1. The highest BCUT2D eigenvalue weighted by molar-refractivity contribution is 7.08. The van der Waals surface area contributed by atoms with Gasteiger partial charge in [-0.05, 0) is 43.1 Å². The van der Waals surface area contributed by atoms with Crippen LogP contribution >= 0.6 is 23.1 Å². The van der Waals surface area contributed by atoms with Gasteiger partial charge in [-0.3, -0.25) is 4.79 Å². The topological polar surface area (TPSA) is 54.9 Å². The quantitative estimate of drug-likeness (QED) is 0.910. The van der Waals surface area contributed by atoms with Crippen molar-refractivity contribution in [3.8, 4) is 0 Å². The lowest BCUT2D eigenvalue weighted by atomic mass is 10.2. The number of hydrogen-bond acceptors (Lipinski definition) is 4. The lowest BCUT2D eigenvalue weighted by molar-refractivity contribution is 0.102. The van der Waals surface area contributed by atoms with Gasteiger partial charge in [0, 0.05) is 10.7 Å². The first-order valence-electron chi connectivity index (χ1n) is 4.94. The zero-order valence-electron chi connectivity index (χ0n) is 9.32. The molecule has 0 bridgehead atoms. The highest BCUT2D eigenvalue weighted by Gasteiger charge is 2.14. The highest BCUT2D eigenvalue weighted by Crippen LogP contribution is 2.21. The van der Waals surface area contributed by atoms with Gasteiger partial charge in [0.1, 0.15) is 4.88 Å². The van der Waals surface area contributed by atoms with Crippen LogP contribution in [0.25, 0.3) is 0 Å². The van der Waals surface area contributed by atoms with E-state index in [9.17, 15) is 4.79 Å². The molecular weight excluding hydrogens is 258 g/mol. The Hall–Kier alpha value is -1.46. The summed E-state index contributed by atoms with van der Waals surface area (Å²) in [6.45, 7) is 3.66. The summed E-state index contributed by atoms with van der Waals surface area (Å²) in [5.41, 5.74) is 2.29. The van der Waals surface area contributed by atoms with Crippen molar-refractivity contribution >= 4 is 34.7 Å². The molecule has 1 amide bonds. The molecule has 6 heteroatoms. The Balaban J connectivity index is 2.24. The Kier molecular flexibility index (Phi) is 3.40. The monoisotopic (exact) mass is 267 g/mol. The second-order valence-electron chi connectivity index (χ2n) is 3.60. The predicted molar refractivity (Wildman–Crippen MR) is 68.8 cm³/mol. The van der Waals surface area contributed by atoms with E-state index < -0.39 is 0 Å². The fraction of sp³-hybridized carbons (Fsp3) is 0.182. The van der Waals surface area contributed by atoms with Gasteiger partial charge in [0.05, 0.1) is 5.69 Å². The summed E-state index contributed by atoms with van der Waals surface area (Å²) in [5.74, 6) is -0.206. The summed E-state index contributed by atoms with van der Waals surface area (Å²) in [6.07, 6.45) is 0. The number of benzene rings is 1. The Morgan fingerprint density at radius 3 is 2.82 bits per heavy atom. The maximum absolute atomic E-state index is 11.9. The molecule has 0 saturated carbocycles. The normalized spacial score (nSPS) is 10.3. The molecule has 0 unspecified atom stereocenters. The number of nitrogens with one attached hydrogen (secondary N) is 1. The Morgan fingerprint density at radius 2 is 2.18 bits per heavy atom. The van der Waals surface area contributed by atoms with Crippen LogP contribution in [0.2, 0.25) is 5.02 Å². The van der Waals surface area contributed by atoms with Crippen LogP contribution in [0.5, 0.6) is 0 Å². The van der Waals surface area contributed by atoms with Gasteiger partial charge in [-0.1, -0.05) is 22.2 Å². The summed E-state index contributed by atoms with van der Waals surface area (Å²) >= 11 is 6.96. The number of carbonyl (C=O) groups is 1. The van der Waals surface area contributed by atoms with Crippen LogP contribution in [0.15, 0.2) is 18.2 Å². The second kappa shape index (κ2) is 4.81. The minimum Gasteiger partial charge on any atom is -0.321 e. The molecule has 2 rings (SSSR count). The van der Waals surface area contributed by atoms with Crippen LogP contribution in [-0.2, 0) is 0 Å². The van der Waals surface area contributed by atoms with E-state index in [0.717, 1.165) is 17.1 Å². The molecule has 0 radical (unpaired) electrons. The SMILES string of the molecule is Cc1ccc(Cl)cc1NC(=O)c1snnc1C. The van der Waals surface area contributed by atoms with E-state index in [4.69, 9.17) is 11.6 Å². The molecule has 1 N–H and O–H groups in total. The molecule has 0 aliphatic rings. The molecule has 0 atom stereocenters. The molecule has 0 saturated heterocycles. The van der Waals surface area contributed by atoms with Crippen molar-refractivity contribution in [2.75, 3.05) is 5.32 Å². The molecule has 0 aliphatic carbocycles. The Labute approximate surface area is 108 Å². The smallest absolute Gasteiger partial charge is 0.269 e. The van der Waals surface area contributed by atoms with Gasteiger partial charge in [-0.15, -0.1) is 5.10 Å². The number of hydrogen-bond donors (Lipinski definition) is 1. The molecule has 1 aromatic carbocycles. The lowest BCUT2D eigenvalue weighted by Gasteiger charge is -2.07. The number of aryl methyl sites for hydroxylation is 2. The summed E-state index contributed by atoms with van der Waals surface area (Å²) in [7, 11) is 0. The number of aromatic nitrogens is 2. The Morgan fingerprint density at radius 1 is 1.41 bits per heavy atom. The van der Waals surface area contributed by atoms with Gasteiger partial charge in [0.25, 0.3) is 5.91 Å². The van der Waals surface area contributed by atoms with E-state index in [1.807, 2.05) is 13.0 Å². The molecular formula is C11H10ClN3OS. The van der Waals surface area contributed by atoms with E-state index >= 15 is 0 Å². The first-order valence-corrected chi connectivity index (χ1v) is 6.09. The summed E-state index contributed by atoms with van der Waals surface area (Å²) < 4.78 is 3.73. The fourth-order valence-electron chi connectivity index (χ4n) is 1.35. The third kappa shape index (κ3) is 2.62. The van der Waals surface area contributed by atoms with Crippen LogP contribution in [0.1, 0.15) is 20.9 Å². The van der Waals surface area contributed by atoms with E-state index in [0.29, 0.717) is 21.3 Å². The van der Waals surface area contributed by atoms with E-state index in [1.54, 1.807) is 19.1 Å². The second-order valence-corrected chi connectivity index (χ2v) is 4.79. The number of amides is 1. The maximum atomic E-state index is 11.9. The molecule has 1 aromatic heterocycles. The third-order valence-corrected chi connectivity index (χ3v) is 3.37. The van der Waals surface area contributed by atoms with Gasteiger partial charge < -0.3 is 5.32 Å². The van der Waals surface area contributed by atoms with Crippen molar-refractivity contribution in [1.29, 1.82) is 0 Å². The third-order valence-electron chi connectivity index (χ3n) is 2.31. The average molecular weight is 268 g/mol. The van der Waals surface area contributed by atoms with Crippen LogP contribution < -0.4 is 5.32 Å². The molecule has 2 aromatic rings. The van der Waals surface area contributed by atoms with Crippen molar-refractivity contribution in [3.05, 3.63) is 39.4 Å². The standard InChI is InChI=1S/C11H10ClN3OS/c1-6-3-4-8(12)5-9(6)13-11(16)10-7(2)14-15-17-10/h3-5H,1-2H3,(H,13,16). The van der Waals surface area contributed by atoms with Gasteiger partial charge in [-0.2, -0.15) is 0 Å². The molecule has 0 fully saturated rings. The molecule has 88 valence electrons. The molecule has 1 heterocycles. The number of nitrogens with zero attached hydrogens (tertiary/aromatic N) is 2. The first-order chi connectivity index (χ1) is 8.08. The summed E-state index contributed by atoms with van der Waals surface area (Å²) in [4.78, 5) is 12.5. The fourth-order valence-corrected chi connectivity index (χ4v) is 2.07. The zero-order valence-corrected chi connectivity index (χ0v) is 10.9. The first kappa shape index (κ1) is 12.0. The van der Waals surface area contributed by atoms with E-state index in [1.165, 1.54) is 0 Å². The number of rotatable bonds is 2. The van der Waals surface area contributed by atoms with Gasteiger partial charge in [0.2, 0.25) is 0 Å². The van der Waals surface area contributed by atoms with Crippen LogP contribution in [-0.4, -0.2) is 15.5 Å². The molecule has 0 spiro atoms. The van der Waals surface area contributed by atoms with Gasteiger partial charge in [-0.25, -0.2) is 0 Å². The van der Waals surface area contributed by atoms with Crippen LogP contribution in [0.3, 0.4) is 0 Å². The van der Waals surface area contributed by atoms with Crippen molar-refractivity contribution in [2.45, 2.75) is 13.8 Å². The molecule has 0 aliphatic heterocycles. The maximum Gasteiger partial charge on any atom is 0.269 e. The number of halogens is 1. The zero-order chi connectivity index (χ0) is 12.4. The van der Waals surface area contributed by atoms with Crippen LogP contribution in [0.4, 0.5) is 5.69 Å². The minimum absolute atomic E-state index is 0.206.